The topological polar surface area (TPSA) is 26.3 Å². The number of allylic oxidation sites excluding steroid dienone is 1. The van der Waals surface area contributed by atoms with Crippen LogP contribution in [0.5, 0.6) is 0 Å². The highest BCUT2D eigenvalue weighted by atomic mass is 16.5. The lowest BCUT2D eigenvalue weighted by molar-refractivity contribution is -0.142. The fourth-order valence-corrected chi connectivity index (χ4v) is 2.31. The lowest BCUT2D eigenvalue weighted by atomic mass is 9.56. The first kappa shape index (κ1) is 13.3. The maximum Gasteiger partial charge on any atom is 0.149 e. The second-order valence-electron chi connectivity index (χ2n) is 5.86. The standard InChI is InChI=1S/C14H24O2/c1-7-16-10(2)11-8-9-13(3,4)14(5,6)12(11)15/h11H,2,7-9H2,1,3-6H3. The summed E-state index contributed by atoms with van der Waals surface area (Å²) in [6, 6.07) is 0. The Kier molecular flexibility index (Phi) is 3.51. The monoisotopic (exact) mass is 224 g/mol. The molecule has 16 heavy (non-hydrogen) atoms. The van der Waals surface area contributed by atoms with Crippen molar-refractivity contribution in [3.05, 3.63) is 12.3 Å². The van der Waals surface area contributed by atoms with E-state index in [4.69, 9.17) is 4.74 Å². The molecule has 1 unspecified atom stereocenters. The minimum Gasteiger partial charge on any atom is -0.498 e. The van der Waals surface area contributed by atoms with Crippen LogP contribution in [0.2, 0.25) is 0 Å². The molecule has 0 aromatic heterocycles. The minimum atomic E-state index is -0.296. The van der Waals surface area contributed by atoms with Crippen molar-refractivity contribution in [2.24, 2.45) is 16.7 Å². The summed E-state index contributed by atoms with van der Waals surface area (Å²) >= 11 is 0. The van der Waals surface area contributed by atoms with Crippen molar-refractivity contribution in [2.75, 3.05) is 6.61 Å². The summed E-state index contributed by atoms with van der Waals surface area (Å²) in [5, 5.41) is 0. The number of carbonyl (C=O) groups excluding carboxylic acids is 1. The molecule has 0 amide bonds. The van der Waals surface area contributed by atoms with E-state index in [0.717, 1.165) is 12.8 Å². The van der Waals surface area contributed by atoms with Crippen LogP contribution in [0.4, 0.5) is 0 Å². The molecule has 0 bridgehead atoms. The quantitative estimate of drug-likeness (QED) is 0.685. The Morgan fingerprint density at radius 3 is 2.50 bits per heavy atom. The van der Waals surface area contributed by atoms with E-state index in [1.807, 2.05) is 20.8 Å². The molecule has 1 atom stereocenters. The molecule has 1 aliphatic carbocycles. The van der Waals surface area contributed by atoms with Crippen molar-refractivity contribution in [1.29, 1.82) is 0 Å². The second-order valence-corrected chi connectivity index (χ2v) is 5.86. The molecule has 1 saturated carbocycles. The Morgan fingerprint density at radius 2 is 2.00 bits per heavy atom. The van der Waals surface area contributed by atoms with Crippen molar-refractivity contribution in [1.82, 2.24) is 0 Å². The van der Waals surface area contributed by atoms with E-state index in [0.29, 0.717) is 12.4 Å². The minimum absolute atomic E-state index is 0.0626. The molecule has 0 aliphatic heterocycles. The highest BCUT2D eigenvalue weighted by Crippen LogP contribution is 2.50. The van der Waals surface area contributed by atoms with Gasteiger partial charge in [0.25, 0.3) is 0 Å². The number of carbonyl (C=O) groups is 1. The molecule has 1 fully saturated rings. The van der Waals surface area contributed by atoms with Gasteiger partial charge in [0.2, 0.25) is 0 Å². The smallest absolute Gasteiger partial charge is 0.149 e. The van der Waals surface area contributed by atoms with E-state index in [-0.39, 0.29) is 22.5 Å². The highest BCUT2D eigenvalue weighted by Gasteiger charge is 2.50. The molecule has 0 heterocycles. The van der Waals surface area contributed by atoms with Crippen LogP contribution < -0.4 is 0 Å². The molecule has 0 radical (unpaired) electrons. The number of ketones is 1. The molecule has 1 aliphatic rings. The summed E-state index contributed by atoms with van der Waals surface area (Å²) in [5.74, 6) is 0.821. The summed E-state index contributed by atoms with van der Waals surface area (Å²) in [6.07, 6.45) is 1.91. The van der Waals surface area contributed by atoms with Gasteiger partial charge < -0.3 is 4.74 Å². The molecule has 0 aromatic carbocycles. The maximum atomic E-state index is 12.4. The number of ether oxygens (including phenoxy) is 1. The van der Waals surface area contributed by atoms with Crippen LogP contribution in [0.25, 0.3) is 0 Å². The number of hydrogen-bond acceptors (Lipinski definition) is 2. The second kappa shape index (κ2) is 4.23. The first-order valence-corrected chi connectivity index (χ1v) is 6.10. The molecular weight excluding hydrogens is 200 g/mol. The zero-order valence-corrected chi connectivity index (χ0v) is 11.2. The van der Waals surface area contributed by atoms with Crippen LogP contribution in [0.15, 0.2) is 12.3 Å². The molecule has 0 spiro atoms. The average Bonchev–Trinajstić information content (AvgIpc) is 2.15. The van der Waals surface area contributed by atoms with E-state index < -0.39 is 0 Å². The van der Waals surface area contributed by atoms with Gasteiger partial charge in [-0.1, -0.05) is 34.3 Å². The van der Waals surface area contributed by atoms with Crippen molar-refractivity contribution in [3.63, 3.8) is 0 Å². The summed E-state index contributed by atoms with van der Waals surface area (Å²) in [5.41, 5.74) is -0.233. The predicted molar refractivity (Wildman–Crippen MR) is 66.1 cm³/mol. The third-order valence-electron chi connectivity index (χ3n) is 4.40. The van der Waals surface area contributed by atoms with Crippen LogP contribution in [-0.4, -0.2) is 12.4 Å². The van der Waals surface area contributed by atoms with Gasteiger partial charge in [-0.25, -0.2) is 0 Å². The van der Waals surface area contributed by atoms with E-state index in [9.17, 15) is 4.79 Å². The summed E-state index contributed by atoms with van der Waals surface area (Å²) in [7, 11) is 0. The maximum absolute atomic E-state index is 12.4. The Hall–Kier alpha value is -0.790. The van der Waals surface area contributed by atoms with Crippen LogP contribution in [0.3, 0.4) is 0 Å². The van der Waals surface area contributed by atoms with Gasteiger partial charge in [0.05, 0.1) is 18.3 Å². The number of rotatable bonds is 3. The highest BCUT2D eigenvalue weighted by molar-refractivity contribution is 5.89. The summed E-state index contributed by atoms with van der Waals surface area (Å²) < 4.78 is 5.40. The van der Waals surface area contributed by atoms with Crippen molar-refractivity contribution in [2.45, 2.75) is 47.5 Å². The van der Waals surface area contributed by atoms with Gasteiger partial charge in [0.1, 0.15) is 5.78 Å². The van der Waals surface area contributed by atoms with E-state index in [1.54, 1.807) is 0 Å². The predicted octanol–water partition coefficient (Wildman–Crippen LogP) is 3.57. The molecule has 92 valence electrons. The Balaban J connectivity index is 2.89. The van der Waals surface area contributed by atoms with Gasteiger partial charge >= 0.3 is 0 Å². The van der Waals surface area contributed by atoms with Crippen LogP contribution in [-0.2, 0) is 9.53 Å². The fraction of sp³-hybridized carbons (Fsp3) is 0.786. The van der Waals surface area contributed by atoms with Crippen LogP contribution >= 0.6 is 0 Å². The van der Waals surface area contributed by atoms with Crippen molar-refractivity contribution in [3.8, 4) is 0 Å². The first-order valence-electron chi connectivity index (χ1n) is 6.10. The van der Waals surface area contributed by atoms with Crippen LogP contribution in [0.1, 0.15) is 47.5 Å². The molecule has 2 heteroatoms. The zero-order chi connectivity index (χ0) is 12.6. The molecule has 0 saturated heterocycles. The average molecular weight is 224 g/mol. The molecule has 1 rings (SSSR count). The summed E-state index contributed by atoms with van der Waals surface area (Å²) in [4.78, 5) is 12.4. The molecule has 2 nitrogen and oxygen atoms in total. The Labute approximate surface area is 99.1 Å². The van der Waals surface area contributed by atoms with Gasteiger partial charge in [0.15, 0.2) is 0 Å². The molecular formula is C14H24O2. The van der Waals surface area contributed by atoms with Gasteiger partial charge in [-0.05, 0) is 25.2 Å². The molecule has 0 aromatic rings. The third-order valence-corrected chi connectivity index (χ3v) is 4.40. The normalized spacial score (nSPS) is 27.6. The lowest BCUT2D eigenvalue weighted by Crippen LogP contribution is -2.47. The van der Waals surface area contributed by atoms with Crippen LogP contribution in [0, 0.1) is 16.7 Å². The summed E-state index contributed by atoms with van der Waals surface area (Å²) in [6.45, 7) is 14.8. The first-order chi connectivity index (χ1) is 7.24. The van der Waals surface area contributed by atoms with Gasteiger partial charge in [-0.15, -0.1) is 0 Å². The number of hydrogen-bond donors (Lipinski definition) is 0. The van der Waals surface area contributed by atoms with Gasteiger partial charge in [0, 0.05) is 5.41 Å². The molecule has 0 N–H and O–H groups in total. The Bertz CT molecular complexity index is 300. The van der Waals surface area contributed by atoms with E-state index in [2.05, 4.69) is 20.4 Å². The zero-order valence-electron chi connectivity index (χ0n) is 11.2. The van der Waals surface area contributed by atoms with E-state index in [1.165, 1.54) is 0 Å². The third kappa shape index (κ3) is 2.02. The van der Waals surface area contributed by atoms with Gasteiger partial charge in [-0.2, -0.15) is 0 Å². The van der Waals surface area contributed by atoms with Crippen molar-refractivity contribution < 1.29 is 9.53 Å². The van der Waals surface area contributed by atoms with Crippen molar-refractivity contribution >= 4 is 5.78 Å². The largest absolute Gasteiger partial charge is 0.498 e. The van der Waals surface area contributed by atoms with Gasteiger partial charge in [-0.3, -0.25) is 4.79 Å². The SMILES string of the molecule is C=C(OCC)C1CCC(C)(C)C(C)(C)C1=O. The Morgan fingerprint density at radius 1 is 1.44 bits per heavy atom. The van der Waals surface area contributed by atoms with E-state index >= 15 is 0 Å². The fourth-order valence-electron chi connectivity index (χ4n) is 2.31. The number of Topliss-reactive ketones (excluding diaryl/α,β-unsaturated/α-hetero) is 1. The lowest BCUT2D eigenvalue weighted by Gasteiger charge is -2.47.